The van der Waals surface area contributed by atoms with Crippen LogP contribution in [-0.2, 0) is 11.3 Å². The topological polar surface area (TPSA) is 32.7 Å². The lowest BCUT2D eigenvalue weighted by Gasteiger charge is -2.24. The van der Waals surface area contributed by atoms with Gasteiger partial charge in [0.05, 0.1) is 24.4 Å². The molecular formula is C12H9ClN2O. The van der Waals surface area contributed by atoms with Crippen molar-refractivity contribution in [3.63, 3.8) is 0 Å². The van der Waals surface area contributed by atoms with E-state index >= 15 is 0 Å². The smallest absolute Gasteiger partial charge is 0.186 e. The van der Waals surface area contributed by atoms with Crippen LogP contribution in [0.4, 0.5) is 5.69 Å². The molecule has 1 saturated heterocycles. The third-order valence-electron chi connectivity index (χ3n) is 2.90. The van der Waals surface area contributed by atoms with Crippen LogP contribution in [0.15, 0.2) is 35.5 Å². The van der Waals surface area contributed by atoms with Gasteiger partial charge in [-0.15, -0.1) is 0 Å². The van der Waals surface area contributed by atoms with Crippen LogP contribution in [-0.4, -0.2) is 16.5 Å². The second-order valence-electron chi connectivity index (χ2n) is 3.93. The van der Waals surface area contributed by atoms with Gasteiger partial charge in [-0.05, 0) is 23.8 Å². The highest BCUT2D eigenvalue weighted by Crippen LogP contribution is 2.33. The summed E-state index contributed by atoms with van der Waals surface area (Å²) in [5, 5.41) is 0.688. The molecule has 2 aliphatic heterocycles. The first-order valence-electron chi connectivity index (χ1n) is 5.01. The fourth-order valence-corrected chi connectivity index (χ4v) is 2.23. The van der Waals surface area contributed by atoms with E-state index in [0.717, 1.165) is 17.1 Å². The lowest BCUT2D eigenvalue weighted by Crippen LogP contribution is -2.25. The van der Waals surface area contributed by atoms with E-state index in [0.29, 0.717) is 23.7 Å². The minimum absolute atomic E-state index is 0.0534. The number of ketones is 1. The minimum atomic E-state index is 0.0534. The molecule has 1 aromatic carbocycles. The van der Waals surface area contributed by atoms with Crippen molar-refractivity contribution in [3.8, 4) is 0 Å². The average Bonchev–Trinajstić information content (AvgIpc) is 2.52. The van der Waals surface area contributed by atoms with Crippen molar-refractivity contribution < 1.29 is 4.79 Å². The maximum Gasteiger partial charge on any atom is 0.186 e. The van der Waals surface area contributed by atoms with Crippen LogP contribution in [0.3, 0.4) is 0 Å². The number of benzene rings is 1. The molecule has 16 heavy (non-hydrogen) atoms. The van der Waals surface area contributed by atoms with Gasteiger partial charge in [-0.3, -0.25) is 4.79 Å². The van der Waals surface area contributed by atoms with Crippen molar-refractivity contribution in [1.29, 1.82) is 0 Å². The predicted octanol–water partition coefficient (Wildman–Crippen LogP) is 2.67. The number of aliphatic imine (C=N–C) groups is 1. The van der Waals surface area contributed by atoms with Gasteiger partial charge in [0.1, 0.15) is 5.84 Å². The first-order chi connectivity index (χ1) is 7.65. The van der Waals surface area contributed by atoms with Crippen LogP contribution in [0.25, 0.3) is 0 Å². The van der Waals surface area contributed by atoms with Crippen LogP contribution in [0.5, 0.6) is 0 Å². The standard InChI is InChI=1S/C12H9ClN2O/c1-7-11(16)5-12-14-10-3-2-9(13)4-8(10)6-15(7)12/h2-4H,1,5-6H2. The molecule has 2 heterocycles. The van der Waals surface area contributed by atoms with Crippen molar-refractivity contribution in [2.45, 2.75) is 13.0 Å². The Labute approximate surface area is 98.0 Å². The molecule has 1 aromatic rings. The van der Waals surface area contributed by atoms with E-state index in [1.165, 1.54) is 0 Å². The van der Waals surface area contributed by atoms with Crippen molar-refractivity contribution in [2.75, 3.05) is 0 Å². The normalized spacial score (nSPS) is 18.3. The molecule has 3 rings (SSSR count). The Morgan fingerprint density at radius 1 is 1.44 bits per heavy atom. The molecule has 0 spiro atoms. The van der Waals surface area contributed by atoms with Gasteiger partial charge in [0.15, 0.2) is 5.78 Å². The molecule has 0 N–H and O–H groups in total. The van der Waals surface area contributed by atoms with Gasteiger partial charge in [0.2, 0.25) is 0 Å². The molecule has 0 bridgehead atoms. The maximum atomic E-state index is 11.5. The van der Waals surface area contributed by atoms with Crippen molar-refractivity contribution in [2.24, 2.45) is 4.99 Å². The van der Waals surface area contributed by atoms with Gasteiger partial charge in [-0.25, -0.2) is 4.99 Å². The molecule has 80 valence electrons. The Hall–Kier alpha value is -1.61. The SMILES string of the molecule is C=C1C(=O)CC2=Nc3ccc(Cl)cc3CN12. The molecule has 0 unspecified atom stereocenters. The number of carbonyl (C=O) groups excluding carboxylic acids is 1. The molecule has 1 fully saturated rings. The number of halogens is 1. The zero-order valence-electron chi connectivity index (χ0n) is 8.53. The zero-order chi connectivity index (χ0) is 11.3. The van der Waals surface area contributed by atoms with Crippen LogP contribution < -0.4 is 0 Å². The van der Waals surface area contributed by atoms with Crippen LogP contribution in [0, 0.1) is 0 Å². The summed E-state index contributed by atoms with van der Waals surface area (Å²) in [7, 11) is 0. The van der Waals surface area contributed by atoms with Gasteiger partial charge in [0.25, 0.3) is 0 Å². The Bertz CT molecular complexity index is 548. The number of rotatable bonds is 0. The van der Waals surface area contributed by atoms with Crippen LogP contribution in [0.1, 0.15) is 12.0 Å². The van der Waals surface area contributed by atoms with E-state index in [1.807, 2.05) is 23.1 Å². The highest BCUT2D eigenvalue weighted by molar-refractivity contribution is 6.30. The monoisotopic (exact) mass is 232 g/mol. The molecule has 0 atom stereocenters. The van der Waals surface area contributed by atoms with Gasteiger partial charge in [-0.2, -0.15) is 0 Å². The second-order valence-corrected chi connectivity index (χ2v) is 4.37. The number of nitrogens with zero attached hydrogens (tertiary/aromatic N) is 2. The summed E-state index contributed by atoms with van der Waals surface area (Å²) in [6.07, 6.45) is 0.362. The maximum absolute atomic E-state index is 11.5. The predicted molar refractivity (Wildman–Crippen MR) is 62.9 cm³/mol. The van der Waals surface area contributed by atoms with Crippen molar-refractivity contribution in [1.82, 2.24) is 4.90 Å². The summed E-state index contributed by atoms with van der Waals surface area (Å²) in [6.45, 7) is 4.42. The van der Waals surface area contributed by atoms with E-state index in [9.17, 15) is 4.79 Å². The molecule has 4 heteroatoms. The van der Waals surface area contributed by atoms with Gasteiger partial charge >= 0.3 is 0 Å². The van der Waals surface area contributed by atoms with E-state index in [1.54, 1.807) is 0 Å². The Morgan fingerprint density at radius 2 is 2.25 bits per heavy atom. The average molecular weight is 233 g/mol. The van der Waals surface area contributed by atoms with E-state index in [2.05, 4.69) is 11.6 Å². The molecule has 0 radical (unpaired) electrons. The number of hydrogen-bond acceptors (Lipinski definition) is 3. The quantitative estimate of drug-likeness (QED) is 0.645. The van der Waals surface area contributed by atoms with Crippen LogP contribution in [0.2, 0.25) is 5.02 Å². The molecule has 3 nitrogen and oxygen atoms in total. The fraction of sp³-hybridized carbons (Fsp3) is 0.167. The largest absolute Gasteiger partial charge is 0.322 e. The molecule has 0 saturated carbocycles. The summed E-state index contributed by atoms with van der Waals surface area (Å²) < 4.78 is 0. The molecule has 0 amide bonds. The van der Waals surface area contributed by atoms with Gasteiger partial charge < -0.3 is 4.90 Å². The van der Waals surface area contributed by atoms with Crippen molar-refractivity contribution >= 4 is 28.9 Å². The number of hydrogen-bond donors (Lipinski definition) is 0. The second kappa shape index (κ2) is 3.19. The summed E-state index contributed by atoms with van der Waals surface area (Å²) in [5.74, 6) is 0.850. The number of fused-ring (bicyclic) bond motifs is 2. The van der Waals surface area contributed by atoms with Crippen LogP contribution >= 0.6 is 11.6 Å². The summed E-state index contributed by atoms with van der Waals surface area (Å²) in [6, 6.07) is 5.58. The fourth-order valence-electron chi connectivity index (χ4n) is 2.03. The number of Topliss-reactive ketones (excluding diaryl/α,β-unsaturated/α-hetero) is 1. The molecule has 0 aromatic heterocycles. The zero-order valence-corrected chi connectivity index (χ0v) is 9.29. The molecule has 2 aliphatic rings. The highest BCUT2D eigenvalue weighted by Gasteiger charge is 2.32. The lowest BCUT2D eigenvalue weighted by molar-refractivity contribution is -0.114. The summed E-state index contributed by atoms with van der Waals surface area (Å²) >= 11 is 5.93. The third-order valence-corrected chi connectivity index (χ3v) is 3.13. The molecular weight excluding hydrogens is 224 g/mol. The first kappa shape index (κ1) is 9.60. The Morgan fingerprint density at radius 3 is 3.06 bits per heavy atom. The lowest BCUT2D eigenvalue weighted by atomic mass is 10.1. The number of amidine groups is 1. The van der Waals surface area contributed by atoms with E-state index in [-0.39, 0.29) is 5.78 Å². The molecule has 0 aliphatic carbocycles. The van der Waals surface area contributed by atoms with Gasteiger partial charge in [-0.1, -0.05) is 18.2 Å². The van der Waals surface area contributed by atoms with Gasteiger partial charge in [0, 0.05) is 5.02 Å². The highest BCUT2D eigenvalue weighted by atomic mass is 35.5. The minimum Gasteiger partial charge on any atom is -0.322 e. The van der Waals surface area contributed by atoms with E-state index in [4.69, 9.17) is 11.6 Å². The summed E-state index contributed by atoms with van der Waals surface area (Å²) in [4.78, 5) is 17.8. The Kier molecular flexibility index (Phi) is 1.91. The van der Waals surface area contributed by atoms with E-state index < -0.39 is 0 Å². The first-order valence-corrected chi connectivity index (χ1v) is 5.38. The Balaban J connectivity index is 2.10. The third kappa shape index (κ3) is 1.28. The van der Waals surface area contributed by atoms with Crippen molar-refractivity contribution in [3.05, 3.63) is 41.1 Å². The number of carbonyl (C=O) groups is 1. The summed E-state index contributed by atoms with van der Waals surface area (Å²) in [5.41, 5.74) is 2.47. The number of allylic oxidation sites excluding steroid dienone is 1.